The summed E-state index contributed by atoms with van der Waals surface area (Å²) in [6, 6.07) is 5.14. The van der Waals surface area contributed by atoms with Crippen LogP contribution in [0.1, 0.15) is 5.56 Å². The molecule has 0 atom stereocenters. The van der Waals surface area contributed by atoms with Crippen LogP contribution in [0, 0.1) is 6.92 Å². The molecule has 0 N–H and O–H groups in total. The Hall–Kier alpha value is -1.98. The number of aromatic nitrogens is 3. The lowest BCUT2D eigenvalue weighted by Gasteiger charge is -2.12. The Morgan fingerprint density at radius 3 is 2.71 bits per heavy atom. The third-order valence-corrected chi connectivity index (χ3v) is 2.37. The number of alkyl halides is 2. The van der Waals surface area contributed by atoms with E-state index in [0.717, 1.165) is 0 Å². The molecule has 90 valence electrons. The largest absolute Gasteiger partial charge is 0.434 e. The highest BCUT2D eigenvalue weighted by molar-refractivity contribution is 5.66. The number of hydrogen-bond acceptors (Lipinski definition) is 3. The molecule has 0 aliphatic heterocycles. The highest BCUT2D eigenvalue weighted by atomic mass is 19.3. The van der Waals surface area contributed by atoms with Crippen LogP contribution in [0.4, 0.5) is 8.78 Å². The molecule has 0 fully saturated rings. The van der Waals surface area contributed by atoms with Crippen LogP contribution in [-0.2, 0) is 7.05 Å². The second-order valence-corrected chi connectivity index (χ2v) is 3.54. The minimum absolute atomic E-state index is 0.138. The Kier molecular flexibility index (Phi) is 3.03. The second kappa shape index (κ2) is 4.48. The van der Waals surface area contributed by atoms with Crippen LogP contribution in [-0.4, -0.2) is 21.4 Å². The highest BCUT2D eigenvalue weighted by Gasteiger charge is 2.16. The molecule has 2 rings (SSSR count). The molecule has 1 aromatic heterocycles. The Bertz CT molecular complexity index is 525. The zero-order valence-electron chi connectivity index (χ0n) is 9.39. The average Bonchev–Trinajstić information content (AvgIpc) is 2.67. The molecule has 0 spiro atoms. The molecule has 6 heteroatoms. The fourth-order valence-corrected chi connectivity index (χ4v) is 1.61. The van der Waals surface area contributed by atoms with E-state index in [9.17, 15) is 8.78 Å². The number of ether oxygens (including phenoxy) is 1. The van der Waals surface area contributed by atoms with Gasteiger partial charge in [-0.1, -0.05) is 12.1 Å². The molecule has 0 amide bonds. The summed E-state index contributed by atoms with van der Waals surface area (Å²) in [4.78, 5) is 4.02. The minimum atomic E-state index is -2.86. The lowest BCUT2D eigenvalue weighted by Crippen LogP contribution is -2.06. The smallest absolute Gasteiger partial charge is 0.387 e. The number of halogens is 2. The van der Waals surface area contributed by atoms with Gasteiger partial charge in [-0.25, -0.2) is 9.67 Å². The molecule has 2 aromatic rings. The molecule has 0 aliphatic carbocycles. The number of benzene rings is 1. The van der Waals surface area contributed by atoms with Gasteiger partial charge in [-0.15, -0.1) is 0 Å². The summed E-state index contributed by atoms with van der Waals surface area (Å²) in [5, 5.41) is 3.91. The first-order valence-electron chi connectivity index (χ1n) is 4.98. The SMILES string of the molecule is Cc1cccc(-c2ncnn2C)c1OC(F)F. The zero-order valence-corrected chi connectivity index (χ0v) is 9.39. The van der Waals surface area contributed by atoms with Crippen LogP contribution in [0.2, 0.25) is 0 Å². The Morgan fingerprint density at radius 1 is 1.35 bits per heavy atom. The zero-order chi connectivity index (χ0) is 12.4. The van der Waals surface area contributed by atoms with Gasteiger partial charge in [-0.3, -0.25) is 0 Å². The second-order valence-electron chi connectivity index (χ2n) is 3.54. The fraction of sp³-hybridized carbons (Fsp3) is 0.273. The molecule has 4 nitrogen and oxygen atoms in total. The van der Waals surface area contributed by atoms with Crippen molar-refractivity contribution >= 4 is 0 Å². The summed E-state index contributed by atoms with van der Waals surface area (Å²) in [5.41, 5.74) is 1.14. The summed E-state index contributed by atoms with van der Waals surface area (Å²) in [7, 11) is 1.69. The van der Waals surface area contributed by atoms with Gasteiger partial charge < -0.3 is 4.74 Å². The van der Waals surface area contributed by atoms with Gasteiger partial charge in [0.2, 0.25) is 0 Å². The summed E-state index contributed by atoms with van der Waals surface area (Å²) in [5.74, 6) is 0.628. The molecule has 1 heterocycles. The standard InChI is InChI=1S/C11H11F2N3O/c1-7-4-3-5-8(9(7)17-11(12)13)10-14-6-15-16(10)2/h3-6,11H,1-2H3. The van der Waals surface area contributed by atoms with Crippen molar-refractivity contribution in [1.29, 1.82) is 0 Å². The van der Waals surface area contributed by atoms with Crippen molar-refractivity contribution in [2.45, 2.75) is 13.5 Å². The van der Waals surface area contributed by atoms with E-state index in [1.807, 2.05) is 0 Å². The first-order chi connectivity index (χ1) is 8.09. The molecule has 17 heavy (non-hydrogen) atoms. The first kappa shape index (κ1) is 11.5. The van der Waals surface area contributed by atoms with E-state index in [4.69, 9.17) is 0 Å². The molecule has 0 unspecified atom stereocenters. The van der Waals surface area contributed by atoms with Crippen LogP contribution in [0.25, 0.3) is 11.4 Å². The maximum atomic E-state index is 12.4. The summed E-state index contributed by atoms with van der Waals surface area (Å²) < 4.78 is 30.8. The molecule has 1 aromatic carbocycles. The Morgan fingerprint density at radius 2 is 2.12 bits per heavy atom. The summed E-state index contributed by atoms with van der Waals surface area (Å²) >= 11 is 0. The summed E-state index contributed by atoms with van der Waals surface area (Å²) in [6.45, 7) is -1.15. The van der Waals surface area contributed by atoms with E-state index in [-0.39, 0.29) is 5.75 Å². The predicted octanol–water partition coefficient (Wildman–Crippen LogP) is 2.39. The number of aryl methyl sites for hydroxylation is 2. The third kappa shape index (κ3) is 2.25. The van der Waals surface area contributed by atoms with Crippen LogP contribution in [0.5, 0.6) is 5.75 Å². The number of rotatable bonds is 3. The van der Waals surface area contributed by atoms with Crippen LogP contribution < -0.4 is 4.74 Å². The lowest BCUT2D eigenvalue weighted by molar-refractivity contribution is -0.0499. The number of hydrogen-bond donors (Lipinski definition) is 0. The van der Waals surface area contributed by atoms with E-state index in [1.165, 1.54) is 11.0 Å². The fourth-order valence-electron chi connectivity index (χ4n) is 1.61. The highest BCUT2D eigenvalue weighted by Crippen LogP contribution is 2.32. The van der Waals surface area contributed by atoms with Crippen LogP contribution in [0.15, 0.2) is 24.5 Å². The van der Waals surface area contributed by atoms with Crippen LogP contribution >= 0.6 is 0 Å². The number of nitrogens with zero attached hydrogens (tertiary/aromatic N) is 3. The van der Waals surface area contributed by atoms with E-state index in [1.54, 1.807) is 32.2 Å². The minimum Gasteiger partial charge on any atom is -0.434 e. The number of para-hydroxylation sites is 1. The van der Waals surface area contributed by atoms with Crippen molar-refractivity contribution in [3.63, 3.8) is 0 Å². The monoisotopic (exact) mass is 239 g/mol. The van der Waals surface area contributed by atoms with E-state index < -0.39 is 6.61 Å². The maximum Gasteiger partial charge on any atom is 0.387 e. The average molecular weight is 239 g/mol. The molecule has 0 aliphatic rings. The van der Waals surface area contributed by atoms with Gasteiger partial charge in [0.15, 0.2) is 5.82 Å². The molecular formula is C11H11F2N3O. The normalized spacial score (nSPS) is 10.9. The van der Waals surface area contributed by atoms with Crippen molar-refractivity contribution < 1.29 is 13.5 Å². The van der Waals surface area contributed by atoms with Gasteiger partial charge in [-0.2, -0.15) is 13.9 Å². The van der Waals surface area contributed by atoms with Crippen molar-refractivity contribution in [2.24, 2.45) is 7.05 Å². The van der Waals surface area contributed by atoms with Crippen molar-refractivity contribution in [2.75, 3.05) is 0 Å². The molecule has 0 radical (unpaired) electrons. The first-order valence-corrected chi connectivity index (χ1v) is 4.98. The van der Waals surface area contributed by atoms with E-state index in [2.05, 4.69) is 14.8 Å². The predicted molar refractivity (Wildman–Crippen MR) is 57.8 cm³/mol. The lowest BCUT2D eigenvalue weighted by atomic mass is 10.1. The topological polar surface area (TPSA) is 39.9 Å². The van der Waals surface area contributed by atoms with Crippen molar-refractivity contribution in [1.82, 2.24) is 14.8 Å². The quantitative estimate of drug-likeness (QED) is 0.825. The molecule has 0 bridgehead atoms. The van der Waals surface area contributed by atoms with Gasteiger partial charge in [0.25, 0.3) is 0 Å². The van der Waals surface area contributed by atoms with Crippen LogP contribution in [0.3, 0.4) is 0 Å². The maximum absolute atomic E-state index is 12.4. The Labute approximate surface area is 96.9 Å². The molecule has 0 saturated carbocycles. The van der Waals surface area contributed by atoms with Crippen molar-refractivity contribution in [3.05, 3.63) is 30.1 Å². The van der Waals surface area contributed by atoms with E-state index >= 15 is 0 Å². The Balaban J connectivity index is 2.54. The van der Waals surface area contributed by atoms with Gasteiger partial charge in [0.1, 0.15) is 12.1 Å². The third-order valence-electron chi connectivity index (χ3n) is 2.37. The molecule has 0 saturated heterocycles. The summed E-state index contributed by atoms with van der Waals surface area (Å²) in [6.07, 6.45) is 1.36. The van der Waals surface area contributed by atoms with Gasteiger partial charge >= 0.3 is 6.61 Å². The van der Waals surface area contributed by atoms with Crippen molar-refractivity contribution in [3.8, 4) is 17.1 Å². The van der Waals surface area contributed by atoms with Gasteiger partial charge in [0, 0.05) is 7.05 Å². The van der Waals surface area contributed by atoms with Gasteiger partial charge in [-0.05, 0) is 18.6 Å². The van der Waals surface area contributed by atoms with Gasteiger partial charge in [0.05, 0.1) is 5.56 Å². The van der Waals surface area contributed by atoms with E-state index in [0.29, 0.717) is 17.0 Å². The molecular weight excluding hydrogens is 228 g/mol.